The lowest BCUT2D eigenvalue weighted by molar-refractivity contribution is -0.133. The highest BCUT2D eigenvalue weighted by atomic mass is 16.2. The first-order chi connectivity index (χ1) is 12.9. The van der Waals surface area contributed by atoms with Crippen LogP contribution in [-0.2, 0) is 11.3 Å². The van der Waals surface area contributed by atoms with Gasteiger partial charge in [0.2, 0.25) is 5.91 Å². The monoisotopic (exact) mass is 375 g/mol. The zero-order chi connectivity index (χ0) is 19.6. The molecule has 0 bridgehead atoms. The topological polar surface area (TPSA) is 96.3 Å². The molecule has 1 unspecified atom stereocenters. The van der Waals surface area contributed by atoms with Crippen LogP contribution in [0.25, 0.3) is 0 Å². The van der Waals surface area contributed by atoms with Crippen molar-refractivity contribution < 1.29 is 14.4 Å². The molecule has 1 aromatic rings. The van der Waals surface area contributed by atoms with Crippen LogP contribution in [0.3, 0.4) is 0 Å². The molecule has 148 valence electrons. The zero-order valence-electron chi connectivity index (χ0n) is 16.4. The quantitative estimate of drug-likeness (QED) is 0.784. The Morgan fingerprint density at radius 1 is 1.30 bits per heavy atom. The summed E-state index contributed by atoms with van der Waals surface area (Å²) in [6.07, 6.45) is 5.03. The third-order valence-electron chi connectivity index (χ3n) is 5.56. The summed E-state index contributed by atoms with van der Waals surface area (Å²) in [5.41, 5.74) is -0.460. The molecule has 1 saturated carbocycles. The van der Waals surface area contributed by atoms with Crippen molar-refractivity contribution in [2.24, 2.45) is 0 Å². The molecule has 1 aliphatic carbocycles. The van der Waals surface area contributed by atoms with Gasteiger partial charge >= 0.3 is 0 Å². The van der Waals surface area contributed by atoms with Gasteiger partial charge in [-0.2, -0.15) is 5.10 Å². The minimum atomic E-state index is -1.02. The molecule has 3 amide bonds. The van der Waals surface area contributed by atoms with Crippen LogP contribution in [0.15, 0.2) is 6.07 Å². The number of rotatable bonds is 6. The second-order valence-corrected chi connectivity index (χ2v) is 7.61. The largest absolute Gasteiger partial charge is 0.351 e. The number of nitrogens with one attached hydrogen (secondary N) is 2. The predicted molar refractivity (Wildman–Crippen MR) is 100 cm³/mol. The third-order valence-corrected chi connectivity index (χ3v) is 5.56. The third kappa shape index (κ3) is 3.57. The van der Waals surface area contributed by atoms with Gasteiger partial charge in [-0.3, -0.25) is 19.1 Å². The van der Waals surface area contributed by atoms with E-state index < -0.39 is 5.54 Å². The van der Waals surface area contributed by atoms with Crippen LogP contribution < -0.4 is 10.6 Å². The number of amides is 3. The zero-order valence-corrected chi connectivity index (χ0v) is 16.4. The van der Waals surface area contributed by atoms with Crippen molar-refractivity contribution in [3.63, 3.8) is 0 Å². The Kier molecular flexibility index (Phi) is 5.53. The van der Waals surface area contributed by atoms with E-state index in [2.05, 4.69) is 15.7 Å². The summed E-state index contributed by atoms with van der Waals surface area (Å²) in [6.45, 7) is 6.81. The van der Waals surface area contributed by atoms with Crippen LogP contribution >= 0.6 is 0 Å². The van der Waals surface area contributed by atoms with Gasteiger partial charge < -0.3 is 15.5 Å². The molecular formula is C19H29N5O3. The van der Waals surface area contributed by atoms with Crippen LogP contribution in [0, 0.1) is 0 Å². The maximum atomic E-state index is 13.1. The van der Waals surface area contributed by atoms with Crippen molar-refractivity contribution in [3.8, 4) is 0 Å². The van der Waals surface area contributed by atoms with E-state index >= 15 is 0 Å². The summed E-state index contributed by atoms with van der Waals surface area (Å²) in [5.74, 6) is -0.718. The van der Waals surface area contributed by atoms with E-state index in [0.29, 0.717) is 18.8 Å². The predicted octanol–water partition coefficient (Wildman–Crippen LogP) is 1.32. The first-order valence-corrected chi connectivity index (χ1v) is 9.89. The normalized spacial score (nSPS) is 22.6. The minimum absolute atomic E-state index is 0.150. The Morgan fingerprint density at radius 3 is 2.63 bits per heavy atom. The van der Waals surface area contributed by atoms with Gasteiger partial charge in [0.05, 0.1) is 6.54 Å². The maximum absolute atomic E-state index is 13.1. The Bertz CT molecular complexity index is 738. The molecule has 2 aliphatic rings. The van der Waals surface area contributed by atoms with E-state index in [1.54, 1.807) is 11.8 Å². The fourth-order valence-electron chi connectivity index (χ4n) is 3.99. The summed E-state index contributed by atoms with van der Waals surface area (Å²) >= 11 is 0. The van der Waals surface area contributed by atoms with Crippen LogP contribution in [0.2, 0.25) is 0 Å². The van der Waals surface area contributed by atoms with Crippen molar-refractivity contribution in [2.75, 3.05) is 13.1 Å². The number of hydrogen-bond donors (Lipinski definition) is 2. The highest BCUT2D eigenvalue weighted by molar-refractivity contribution is 6.01. The van der Waals surface area contributed by atoms with Gasteiger partial charge in [-0.1, -0.05) is 19.8 Å². The lowest BCUT2D eigenvalue weighted by atomic mass is 9.94. The average Bonchev–Trinajstić information content (AvgIpc) is 3.29. The summed E-state index contributed by atoms with van der Waals surface area (Å²) in [4.78, 5) is 39.9. The van der Waals surface area contributed by atoms with Gasteiger partial charge in [-0.15, -0.1) is 0 Å². The summed E-state index contributed by atoms with van der Waals surface area (Å²) < 4.78 is 1.50. The molecule has 8 nitrogen and oxygen atoms in total. The van der Waals surface area contributed by atoms with Crippen molar-refractivity contribution in [3.05, 3.63) is 17.5 Å². The number of nitrogens with zero attached hydrogens (tertiary/aromatic N) is 3. The second-order valence-electron chi connectivity index (χ2n) is 7.61. The second kappa shape index (κ2) is 7.70. The fourth-order valence-corrected chi connectivity index (χ4v) is 3.99. The Hall–Kier alpha value is -2.38. The van der Waals surface area contributed by atoms with E-state index in [9.17, 15) is 14.4 Å². The standard InChI is InChI=1S/C19H29N5O3/c1-4-10-20-16(25)14-11-15-17(26)23(5-2)19(3,12-24(15)22-14)18(27)21-13-8-6-7-9-13/h11,13H,4-10,12H2,1-3H3,(H,20,25)(H,21,27). The van der Waals surface area contributed by atoms with Crippen molar-refractivity contribution in [1.82, 2.24) is 25.3 Å². The van der Waals surface area contributed by atoms with Crippen LogP contribution in [0.1, 0.15) is 73.9 Å². The highest BCUT2D eigenvalue weighted by Crippen LogP contribution is 2.28. The van der Waals surface area contributed by atoms with Crippen LogP contribution in [-0.4, -0.2) is 57.1 Å². The SMILES string of the molecule is CCCNC(=O)c1cc2n(n1)CC(C)(C(=O)NC1CCCC1)N(CC)C2=O. The maximum Gasteiger partial charge on any atom is 0.273 e. The van der Waals surface area contributed by atoms with Crippen molar-refractivity contribution in [1.29, 1.82) is 0 Å². The van der Waals surface area contributed by atoms with E-state index in [1.807, 2.05) is 13.8 Å². The molecule has 2 N–H and O–H groups in total. The number of likely N-dealkylation sites (N-methyl/N-ethyl adjacent to an activating group) is 1. The molecule has 0 spiro atoms. The molecular weight excluding hydrogens is 346 g/mol. The summed E-state index contributed by atoms with van der Waals surface area (Å²) in [5, 5.41) is 10.2. The number of fused-ring (bicyclic) bond motifs is 1. The lowest BCUT2D eigenvalue weighted by Crippen LogP contribution is -2.64. The van der Waals surface area contributed by atoms with E-state index in [0.717, 1.165) is 32.1 Å². The number of carbonyl (C=O) groups excluding carboxylic acids is 3. The number of hydrogen-bond acceptors (Lipinski definition) is 4. The van der Waals surface area contributed by atoms with Crippen LogP contribution in [0.4, 0.5) is 0 Å². The van der Waals surface area contributed by atoms with E-state index in [4.69, 9.17) is 0 Å². The molecule has 27 heavy (non-hydrogen) atoms. The first kappa shape index (κ1) is 19.4. The molecule has 0 radical (unpaired) electrons. The lowest BCUT2D eigenvalue weighted by Gasteiger charge is -2.43. The molecule has 1 aromatic heterocycles. The molecule has 1 aliphatic heterocycles. The van der Waals surface area contributed by atoms with Crippen LogP contribution in [0.5, 0.6) is 0 Å². The van der Waals surface area contributed by atoms with Gasteiger partial charge in [-0.25, -0.2) is 0 Å². The Balaban J connectivity index is 1.86. The summed E-state index contributed by atoms with van der Waals surface area (Å²) in [6, 6.07) is 1.70. The Labute approximate surface area is 159 Å². The molecule has 1 atom stereocenters. The summed E-state index contributed by atoms with van der Waals surface area (Å²) in [7, 11) is 0. The highest BCUT2D eigenvalue weighted by Gasteiger charge is 2.48. The molecule has 3 rings (SSSR count). The fraction of sp³-hybridized carbons (Fsp3) is 0.684. The van der Waals surface area contributed by atoms with Gasteiger partial charge in [0.15, 0.2) is 5.69 Å². The van der Waals surface area contributed by atoms with Gasteiger partial charge in [0.1, 0.15) is 11.2 Å². The Morgan fingerprint density at radius 2 is 2.00 bits per heavy atom. The van der Waals surface area contributed by atoms with E-state index in [1.165, 1.54) is 10.7 Å². The van der Waals surface area contributed by atoms with Gasteiger partial charge in [-0.05, 0) is 33.1 Å². The number of aromatic nitrogens is 2. The van der Waals surface area contributed by atoms with E-state index in [-0.39, 0.29) is 36.0 Å². The van der Waals surface area contributed by atoms with Gasteiger partial charge in [0.25, 0.3) is 11.8 Å². The van der Waals surface area contributed by atoms with Crippen molar-refractivity contribution in [2.45, 2.75) is 71.0 Å². The number of carbonyl (C=O) groups is 3. The molecule has 8 heteroatoms. The van der Waals surface area contributed by atoms with Gasteiger partial charge in [0, 0.05) is 25.2 Å². The first-order valence-electron chi connectivity index (χ1n) is 9.89. The molecule has 0 aromatic carbocycles. The molecule has 1 fully saturated rings. The molecule has 2 heterocycles. The van der Waals surface area contributed by atoms with Crippen molar-refractivity contribution >= 4 is 17.7 Å². The minimum Gasteiger partial charge on any atom is -0.351 e. The average molecular weight is 375 g/mol. The molecule has 0 saturated heterocycles. The smallest absolute Gasteiger partial charge is 0.273 e.